The van der Waals surface area contributed by atoms with Gasteiger partial charge in [-0.15, -0.1) is 16.9 Å². The van der Waals surface area contributed by atoms with Crippen LogP contribution in [0.2, 0.25) is 0 Å². The number of nitrogens with zero attached hydrogens (tertiary/aromatic N) is 4. The Morgan fingerprint density at radius 3 is 2.68 bits per heavy atom. The molecule has 0 aliphatic heterocycles. The van der Waals surface area contributed by atoms with Crippen LogP contribution in [0.25, 0.3) is 0 Å². The van der Waals surface area contributed by atoms with E-state index < -0.39 is 0 Å². The standard InChI is InChI=1S/C12H17N5S2/c1-17-12(14-15-16-17)19-8-7-13-9-10-3-5-11(18-2)6-4-10/h3-6,13H,7-9H2,1-2H3. The lowest BCUT2D eigenvalue weighted by molar-refractivity contribution is 0.663. The second-order valence-corrected chi connectivity index (χ2v) is 5.90. The van der Waals surface area contributed by atoms with Crippen LogP contribution in [0.5, 0.6) is 0 Å². The van der Waals surface area contributed by atoms with Crippen LogP contribution in [0.15, 0.2) is 34.3 Å². The first-order valence-corrected chi connectivity index (χ1v) is 8.19. The molecule has 2 rings (SSSR count). The first-order valence-electron chi connectivity index (χ1n) is 5.98. The number of nitrogens with one attached hydrogen (secondary N) is 1. The summed E-state index contributed by atoms with van der Waals surface area (Å²) in [5, 5.41) is 15.6. The molecule has 1 aromatic carbocycles. The van der Waals surface area contributed by atoms with E-state index in [4.69, 9.17) is 0 Å². The maximum atomic E-state index is 3.93. The van der Waals surface area contributed by atoms with E-state index in [-0.39, 0.29) is 0 Å². The van der Waals surface area contributed by atoms with Gasteiger partial charge in [-0.25, -0.2) is 4.68 Å². The molecule has 0 aliphatic rings. The minimum Gasteiger partial charge on any atom is -0.312 e. The molecule has 0 radical (unpaired) electrons. The fourth-order valence-corrected chi connectivity index (χ4v) is 2.69. The van der Waals surface area contributed by atoms with E-state index in [9.17, 15) is 0 Å². The summed E-state index contributed by atoms with van der Waals surface area (Å²) in [6.45, 7) is 1.83. The van der Waals surface area contributed by atoms with Crippen molar-refractivity contribution < 1.29 is 0 Å². The number of hydrogen-bond donors (Lipinski definition) is 1. The number of aromatic nitrogens is 4. The molecule has 0 unspecified atom stereocenters. The Balaban J connectivity index is 1.65. The molecule has 0 aliphatic carbocycles. The van der Waals surface area contributed by atoms with Crippen molar-refractivity contribution in [2.24, 2.45) is 7.05 Å². The topological polar surface area (TPSA) is 55.6 Å². The third-order valence-corrected chi connectivity index (χ3v) is 4.34. The predicted octanol–water partition coefficient (Wildman–Crippen LogP) is 1.81. The van der Waals surface area contributed by atoms with Gasteiger partial charge >= 0.3 is 0 Å². The molecule has 1 N–H and O–H groups in total. The molecule has 0 saturated heterocycles. The molecule has 0 fully saturated rings. The predicted molar refractivity (Wildman–Crippen MR) is 79.5 cm³/mol. The average molecular weight is 295 g/mol. The summed E-state index contributed by atoms with van der Waals surface area (Å²) < 4.78 is 1.69. The van der Waals surface area contributed by atoms with E-state index in [0.717, 1.165) is 24.0 Å². The van der Waals surface area contributed by atoms with Gasteiger partial charge in [0, 0.05) is 30.8 Å². The van der Waals surface area contributed by atoms with Crippen LogP contribution in [0.4, 0.5) is 0 Å². The van der Waals surface area contributed by atoms with Gasteiger partial charge in [0.2, 0.25) is 5.16 Å². The van der Waals surface area contributed by atoms with Crippen molar-refractivity contribution in [3.63, 3.8) is 0 Å². The van der Waals surface area contributed by atoms with Crippen LogP contribution < -0.4 is 5.32 Å². The second kappa shape index (κ2) is 7.52. The molecule has 19 heavy (non-hydrogen) atoms. The zero-order chi connectivity index (χ0) is 13.5. The molecular formula is C12H17N5S2. The number of benzene rings is 1. The number of hydrogen-bond acceptors (Lipinski definition) is 6. The number of rotatable bonds is 7. The van der Waals surface area contributed by atoms with Crippen molar-refractivity contribution in [3.05, 3.63) is 29.8 Å². The minimum absolute atomic E-state index is 0.853. The molecule has 0 bridgehead atoms. The Morgan fingerprint density at radius 1 is 1.26 bits per heavy atom. The largest absolute Gasteiger partial charge is 0.312 e. The smallest absolute Gasteiger partial charge is 0.209 e. The summed E-state index contributed by atoms with van der Waals surface area (Å²) in [5.41, 5.74) is 1.31. The van der Waals surface area contributed by atoms with Crippen LogP contribution in [0, 0.1) is 0 Å². The zero-order valence-electron chi connectivity index (χ0n) is 11.0. The van der Waals surface area contributed by atoms with Gasteiger partial charge in [0.05, 0.1) is 0 Å². The van der Waals surface area contributed by atoms with Gasteiger partial charge in [-0.05, 0) is 34.4 Å². The Bertz CT molecular complexity index is 497. The van der Waals surface area contributed by atoms with Gasteiger partial charge in [0.15, 0.2) is 0 Å². The van der Waals surface area contributed by atoms with Gasteiger partial charge in [-0.2, -0.15) is 0 Å². The first kappa shape index (κ1) is 14.4. The van der Waals surface area contributed by atoms with Gasteiger partial charge in [0.1, 0.15) is 0 Å². The molecular weight excluding hydrogens is 278 g/mol. The minimum atomic E-state index is 0.853. The van der Waals surface area contributed by atoms with Gasteiger partial charge in [-0.1, -0.05) is 23.9 Å². The fourth-order valence-electron chi connectivity index (χ4n) is 1.53. The average Bonchev–Trinajstić information content (AvgIpc) is 2.85. The summed E-state index contributed by atoms with van der Waals surface area (Å²) >= 11 is 3.42. The lowest BCUT2D eigenvalue weighted by Gasteiger charge is -2.05. The SMILES string of the molecule is CSc1ccc(CNCCSc2nnnn2C)cc1. The van der Waals surface area contributed by atoms with Gasteiger partial charge in [-0.3, -0.25) is 0 Å². The molecule has 0 saturated carbocycles. The molecule has 0 amide bonds. The maximum Gasteiger partial charge on any atom is 0.209 e. The number of tetrazole rings is 1. The van der Waals surface area contributed by atoms with Crippen molar-refractivity contribution >= 4 is 23.5 Å². The van der Waals surface area contributed by atoms with Crippen LogP contribution in [0.3, 0.4) is 0 Å². The Hall–Kier alpha value is -1.05. The number of thioether (sulfide) groups is 2. The summed E-state index contributed by atoms with van der Waals surface area (Å²) in [6, 6.07) is 8.64. The third-order valence-electron chi connectivity index (χ3n) is 2.58. The molecule has 1 heterocycles. The second-order valence-electron chi connectivity index (χ2n) is 3.96. The van der Waals surface area contributed by atoms with Crippen molar-refractivity contribution in [2.75, 3.05) is 18.6 Å². The highest BCUT2D eigenvalue weighted by Gasteiger charge is 2.01. The first-order chi connectivity index (χ1) is 9.29. The summed E-state index contributed by atoms with van der Waals surface area (Å²) in [5.74, 6) is 0.955. The van der Waals surface area contributed by atoms with Crippen molar-refractivity contribution in [1.29, 1.82) is 0 Å². The third kappa shape index (κ3) is 4.52. The monoisotopic (exact) mass is 295 g/mol. The Morgan fingerprint density at radius 2 is 2.05 bits per heavy atom. The van der Waals surface area contributed by atoms with Crippen molar-refractivity contribution in [2.45, 2.75) is 16.6 Å². The normalized spacial score (nSPS) is 10.8. The van der Waals surface area contributed by atoms with E-state index in [1.807, 2.05) is 7.05 Å². The van der Waals surface area contributed by atoms with Crippen LogP contribution in [-0.4, -0.2) is 38.8 Å². The van der Waals surface area contributed by atoms with Crippen LogP contribution in [0.1, 0.15) is 5.56 Å². The van der Waals surface area contributed by atoms with E-state index in [1.165, 1.54) is 10.5 Å². The highest BCUT2D eigenvalue weighted by atomic mass is 32.2. The van der Waals surface area contributed by atoms with Crippen LogP contribution >= 0.6 is 23.5 Å². The molecule has 0 spiro atoms. The van der Waals surface area contributed by atoms with Gasteiger partial charge < -0.3 is 5.32 Å². The molecule has 0 atom stereocenters. The lowest BCUT2D eigenvalue weighted by Crippen LogP contribution is -2.16. The highest BCUT2D eigenvalue weighted by Crippen LogP contribution is 2.15. The Labute approximate surface area is 121 Å². The Kier molecular flexibility index (Phi) is 5.68. The lowest BCUT2D eigenvalue weighted by atomic mass is 10.2. The highest BCUT2D eigenvalue weighted by molar-refractivity contribution is 7.99. The van der Waals surface area contributed by atoms with E-state index >= 15 is 0 Å². The van der Waals surface area contributed by atoms with Crippen LogP contribution in [-0.2, 0) is 13.6 Å². The van der Waals surface area contributed by atoms with E-state index in [0.29, 0.717) is 0 Å². The summed E-state index contributed by atoms with van der Waals surface area (Å²) in [7, 11) is 1.85. The summed E-state index contributed by atoms with van der Waals surface area (Å²) in [4.78, 5) is 1.30. The quantitative estimate of drug-likeness (QED) is 0.621. The van der Waals surface area contributed by atoms with E-state index in [2.05, 4.69) is 51.4 Å². The summed E-state index contributed by atoms with van der Waals surface area (Å²) in [6.07, 6.45) is 2.09. The van der Waals surface area contributed by atoms with E-state index in [1.54, 1.807) is 28.2 Å². The molecule has 7 heteroatoms. The van der Waals surface area contributed by atoms with Crippen molar-refractivity contribution in [1.82, 2.24) is 25.5 Å². The molecule has 2 aromatic rings. The van der Waals surface area contributed by atoms with Crippen molar-refractivity contribution in [3.8, 4) is 0 Å². The molecule has 5 nitrogen and oxygen atoms in total. The molecule has 1 aromatic heterocycles. The number of aryl methyl sites for hydroxylation is 1. The fraction of sp³-hybridized carbons (Fsp3) is 0.417. The zero-order valence-corrected chi connectivity index (χ0v) is 12.7. The maximum absolute atomic E-state index is 3.93. The molecule has 102 valence electrons. The van der Waals surface area contributed by atoms with Gasteiger partial charge in [0.25, 0.3) is 0 Å².